The number of para-hydroxylation sites is 2. The summed E-state index contributed by atoms with van der Waals surface area (Å²) in [7, 11) is 0. The Hall–Kier alpha value is -5.30. The zero-order valence-corrected chi connectivity index (χ0v) is 24.0. The van der Waals surface area contributed by atoms with Gasteiger partial charge in [-0.05, 0) is 80.8 Å². The second kappa shape index (κ2) is 7.42. The first-order valence-electron chi connectivity index (χ1n) is 14.1. The van der Waals surface area contributed by atoms with Crippen molar-refractivity contribution < 1.29 is 0 Å². The zero-order valence-electron chi connectivity index (χ0n) is 22.4. The molecule has 0 amide bonds. The SMILES string of the molecule is O=c1c2ccc3c4ccc5c6c(ccc(c7ccc(c2c73)c2nc3ccccc3n12)c46)c(=O)n1c2cc(Cl)c(Cl)cc2nc51. The fourth-order valence-corrected chi connectivity index (χ4v) is 8.05. The minimum absolute atomic E-state index is 0.0781. The zero-order chi connectivity index (χ0) is 29.2. The van der Waals surface area contributed by atoms with E-state index in [4.69, 9.17) is 33.2 Å². The van der Waals surface area contributed by atoms with Gasteiger partial charge in [0.25, 0.3) is 11.1 Å². The molecule has 0 unspecified atom stereocenters. The molecule has 0 fully saturated rings. The number of rotatable bonds is 0. The lowest BCUT2D eigenvalue weighted by molar-refractivity contribution is 1.19. The standard InChI is InChI=1S/C36H14Cl2N4O2/c37-23-13-26-28(14-24(23)38)42-34(40-26)20-10-6-16-17-7-11-21-31-19(33-39-25-3-1-2-4-27(25)41(33)35(21)43)9-5-15(29(17)31)18-8-12-22(36(42)44)32(20)30(16)18/h1-14H. The molecule has 4 aromatic heterocycles. The molecule has 11 aromatic rings. The van der Waals surface area contributed by atoms with Crippen LogP contribution in [0.5, 0.6) is 0 Å². The van der Waals surface area contributed by atoms with Crippen LogP contribution >= 0.6 is 23.2 Å². The maximum Gasteiger partial charge on any atom is 0.264 e. The van der Waals surface area contributed by atoms with Crippen LogP contribution in [-0.4, -0.2) is 18.8 Å². The molecule has 0 aliphatic heterocycles. The number of hydrogen-bond acceptors (Lipinski definition) is 4. The second-order valence-corrected chi connectivity index (χ2v) is 12.4. The number of pyridine rings is 2. The molecule has 7 aromatic carbocycles. The van der Waals surface area contributed by atoms with Gasteiger partial charge in [-0.25, -0.2) is 9.97 Å². The molecule has 0 N–H and O–H groups in total. The van der Waals surface area contributed by atoms with Crippen LogP contribution in [0, 0.1) is 0 Å². The van der Waals surface area contributed by atoms with Crippen molar-refractivity contribution in [1.29, 1.82) is 0 Å². The average Bonchev–Trinajstić information content (AvgIpc) is 3.61. The first kappa shape index (κ1) is 23.2. The molecule has 0 saturated carbocycles. The highest BCUT2D eigenvalue weighted by atomic mass is 35.5. The van der Waals surface area contributed by atoms with Gasteiger partial charge in [0.15, 0.2) is 0 Å². The van der Waals surface area contributed by atoms with Crippen LogP contribution in [0.4, 0.5) is 0 Å². The van der Waals surface area contributed by atoms with E-state index in [1.54, 1.807) is 20.9 Å². The molecule has 0 atom stereocenters. The molecule has 0 spiro atoms. The van der Waals surface area contributed by atoms with Crippen molar-refractivity contribution in [3.8, 4) is 0 Å². The quantitative estimate of drug-likeness (QED) is 0.128. The van der Waals surface area contributed by atoms with E-state index >= 15 is 0 Å². The van der Waals surface area contributed by atoms with E-state index in [0.717, 1.165) is 64.9 Å². The van der Waals surface area contributed by atoms with E-state index in [9.17, 15) is 9.59 Å². The number of hydrogen-bond donors (Lipinski definition) is 0. The van der Waals surface area contributed by atoms with Crippen molar-refractivity contribution in [3.05, 3.63) is 116 Å². The van der Waals surface area contributed by atoms with Crippen LogP contribution in [0.3, 0.4) is 0 Å². The summed E-state index contributed by atoms with van der Waals surface area (Å²) >= 11 is 12.7. The maximum atomic E-state index is 14.1. The first-order valence-corrected chi connectivity index (χ1v) is 14.9. The number of benzene rings is 7. The van der Waals surface area contributed by atoms with Gasteiger partial charge >= 0.3 is 0 Å². The summed E-state index contributed by atoms with van der Waals surface area (Å²) in [6.07, 6.45) is 0. The van der Waals surface area contributed by atoms with Gasteiger partial charge in [-0.2, -0.15) is 0 Å². The molecule has 0 saturated heterocycles. The lowest BCUT2D eigenvalue weighted by Crippen LogP contribution is -2.14. The summed E-state index contributed by atoms with van der Waals surface area (Å²) in [6, 6.07) is 27.4. The molecule has 0 aliphatic carbocycles. The van der Waals surface area contributed by atoms with E-state index in [1.807, 2.05) is 54.6 Å². The number of imidazole rings is 2. The highest BCUT2D eigenvalue weighted by Gasteiger charge is 2.24. The Bertz CT molecular complexity index is 3220. The van der Waals surface area contributed by atoms with Gasteiger partial charge in [0.1, 0.15) is 11.3 Å². The third-order valence-electron chi connectivity index (χ3n) is 9.51. The van der Waals surface area contributed by atoms with Gasteiger partial charge in [-0.15, -0.1) is 0 Å². The normalized spacial score (nSPS) is 13.0. The maximum absolute atomic E-state index is 14.1. The number of fused-ring (bicyclic) bond motifs is 10. The fraction of sp³-hybridized carbons (Fsp3) is 0. The number of nitrogens with zero attached hydrogens (tertiary/aromatic N) is 4. The molecule has 11 rings (SSSR count). The van der Waals surface area contributed by atoms with E-state index in [-0.39, 0.29) is 11.1 Å². The molecule has 0 aliphatic rings. The van der Waals surface area contributed by atoms with Gasteiger partial charge in [-0.3, -0.25) is 18.4 Å². The van der Waals surface area contributed by atoms with Crippen molar-refractivity contribution in [2.45, 2.75) is 0 Å². The van der Waals surface area contributed by atoms with Gasteiger partial charge in [-0.1, -0.05) is 59.6 Å². The Morgan fingerprint density at radius 2 is 0.886 bits per heavy atom. The Kier molecular flexibility index (Phi) is 3.91. The van der Waals surface area contributed by atoms with Crippen LogP contribution in [0.2, 0.25) is 10.0 Å². The average molecular weight is 605 g/mol. The molecule has 6 nitrogen and oxygen atoms in total. The number of aromatic nitrogens is 4. The summed E-state index contributed by atoms with van der Waals surface area (Å²) < 4.78 is 3.37. The Morgan fingerprint density at radius 1 is 0.455 bits per heavy atom. The smallest absolute Gasteiger partial charge is 0.264 e. The Labute approximate surface area is 254 Å². The third-order valence-corrected chi connectivity index (χ3v) is 10.2. The largest absolute Gasteiger partial charge is 0.268 e. The van der Waals surface area contributed by atoms with E-state index in [2.05, 4.69) is 18.2 Å². The Balaban J connectivity index is 1.38. The first-order chi connectivity index (χ1) is 21.5. The molecular weight excluding hydrogens is 591 g/mol. The lowest BCUT2D eigenvalue weighted by Gasteiger charge is -2.18. The van der Waals surface area contributed by atoms with Gasteiger partial charge in [0.2, 0.25) is 0 Å². The van der Waals surface area contributed by atoms with Gasteiger partial charge in [0, 0.05) is 32.3 Å². The molecular formula is C36H14Cl2N4O2. The molecule has 8 heteroatoms. The Morgan fingerprint density at radius 3 is 1.48 bits per heavy atom. The van der Waals surface area contributed by atoms with Crippen molar-refractivity contribution in [3.63, 3.8) is 0 Å². The predicted octanol–water partition coefficient (Wildman–Crippen LogP) is 8.55. The van der Waals surface area contributed by atoms with Crippen molar-refractivity contribution in [2.75, 3.05) is 0 Å². The molecule has 4 heterocycles. The molecule has 44 heavy (non-hydrogen) atoms. The second-order valence-electron chi connectivity index (χ2n) is 11.5. The van der Waals surface area contributed by atoms with Crippen molar-refractivity contribution in [2.24, 2.45) is 0 Å². The molecule has 0 bridgehead atoms. The minimum atomic E-state index is -0.155. The highest BCUT2D eigenvalue weighted by Crippen LogP contribution is 2.45. The predicted molar refractivity (Wildman–Crippen MR) is 180 cm³/mol. The highest BCUT2D eigenvalue weighted by molar-refractivity contribution is 6.43. The van der Waals surface area contributed by atoms with Crippen LogP contribution in [0.15, 0.2) is 94.5 Å². The van der Waals surface area contributed by atoms with Crippen molar-refractivity contribution in [1.82, 2.24) is 18.8 Å². The summed E-state index contributed by atoms with van der Waals surface area (Å²) in [4.78, 5) is 37.8. The summed E-state index contributed by atoms with van der Waals surface area (Å²) in [5.41, 5.74) is 3.82. The van der Waals surface area contributed by atoms with E-state index in [0.29, 0.717) is 43.1 Å². The summed E-state index contributed by atoms with van der Waals surface area (Å²) in [5.74, 6) is 0. The van der Waals surface area contributed by atoms with Crippen LogP contribution in [-0.2, 0) is 0 Å². The van der Waals surface area contributed by atoms with Crippen LogP contribution in [0.25, 0.3) is 98.0 Å². The molecule has 0 radical (unpaired) electrons. The van der Waals surface area contributed by atoms with E-state index < -0.39 is 0 Å². The summed E-state index contributed by atoms with van der Waals surface area (Å²) in [5, 5.41) is 11.8. The van der Waals surface area contributed by atoms with Crippen molar-refractivity contribution >= 4 is 121 Å². The van der Waals surface area contributed by atoms with Gasteiger partial charge in [0.05, 0.1) is 32.1 Å². The number of halogens is 2. The van der Waals surface area contributed by atoms with E-state index in [1.165, 1.54) is 0 Å². The monoisotopic (exact) mass is 604 g/mol. The minimum Gasteiger partial charge on any atom is -0.268 e. The third kappa shape index (κ3) is 2.47. The summed E-state index contributed by atoms with van der Waals surface area (Å²) in [6.45, 7) is 0. The topological polar surface area (TPSA) is 68.7 Å². The van der Waals surface area contributed by atoms with Crippen LogP contribution < -0.4 is 11.1 Å². The molecule has 204 valence electrons. The van der Waals surface area contributed by atoms with Crippen LogP contribution in [0.1, 0.15) is 0 Å². The fourth-order valence-electron chi connectivity index (χ4n) is 7.73. The van der Waals surface area contributed by atoms with Gasteiger partial charge < -0.3 is 0 Å². The lowest BCUT2D eigenvalue weighted by atomic mass is 9.86.